The van der Waals surface area contributed by atoms with Crippen LogP contribution < -0.4 is 10.1 Å². The number of rotatable bonds is 4. The van der Waals surface area contributed by atoms with E-state index in [9.17, 15) is 4.79 Å². The molecular formula is C15H21NO2. The highest BCUT2D eigenvalue weighted by atomic mass is 16.5. The summed E-state index contributed by atoms with van der Waals surface area (Å²) in [5, 5.41) is 3.30. The predicted octanol–water partition coefficient (Wildman–Crippen LogP) is 2.49. The summed E-state index contributed by atoms with van der Waals surface area (Å²) in [6.45, 7) is 5.99. The van der Waals surface area contributed by atoms with Crippen molar-refractivity contribution in [1.29, 1.82) is 0 Å². The Hall–Kier alpha value is -1.35. The van der Waals surface area contributed by atoms with Crippen LogP contribution >= 0.6 is 0 Å². The van der Waals surface area contributed by atoms with E-state index in [0.717, 1.165) is 42.0 Å². The number of hydrogen-bond donors (Lipinski definition) is 1. The molecule has 0 aliphatic carbocycles. The molecule has 1 saturated heterocycles. The molecule has 3 heteroatoms. The van der Waals surface area contributed by atoms with Crippen molar-refractivity contribution >= 4 is 5.78 Å². The van der Waals surface area contributed by atoms with Crippen molar-refractivity contribution in [2.75, 3.05) is 20.2 Å². The summed E-state index contributed by atoms with van der Waals surface area (Å²) >= 11 is 0. The van der Waals surface area contributed by atoms with Crippen molar-refractivity contribution in [2.45, 2.75) is 26.7 Å². The Balaban J connectivity index is 2.22. The standard InChI is InChI=1S/C15H21NO2/c1-10-6-11(2)15(18-3)13(7-10)14(17)8-12-4-5-16-9-12/h6-7,12,16H,4-5,8-9H2,1-3H3. The molecule has 1 aliphatic heterocycles. The second-order valence-electron chi connectivity index (χ2n) is 5.15. The smallest absolute Gasteiger partial charge is 0.166 e. The van der Waals surface area contributed by atoms with Gasteiger partial charge in [0.15, 0.2) is 5.78 Å². The second-order valence-corrected chi connectivity index (χ2v) is 5.15. The van der Waals surface area contributed by atoms with E-state index in [-0.39, 0.29) is 5.78 Å². The van der Waals surface area contributed by atoms with E-state index in [1.165, 1.54) is 0 Å². The lowest BCUT2D eigenvalue weighted by molar-refractivity contribution is 0.0961. The van der Waals surface area contributed by atoms with Crippen LogP contribution in [0.3, 0.4) is 0 Å². The monoisotopic (exact) mass is 247 g/mol. The first kappa shape index (κ1) is 13.1. The molecule has 1 aromatic carbocycles. The van der Waals surface area contributed by atoms with Crippen LogP contribution in [-0.4, -0.2) is 26.0 Å². The van der Waals surface area contributed by atoms with Gasteiger partial charge in [0.2, 0.25) is 0 Å². The Labute approximate surface area is 109 Å². The lowest BCUT2D eigenvalue weighted by Gasteiger charge is -2.13. The summed E-state index contributed by atoms with van der Waals surface area (Å²) in [6.07, 6.45) is 1.71. The highest BCUT2D eigenvalue weighted by Gasteiger charge is 2.21. The molecule has 0 radical (unpaired) electrons. The molecule has 0 saturated carbocycles. The number of ether oxygens (including phenoxy) is 1. The van der Waals surface area contributed by atoms with Crippen LogP contribution in [0, 0.1) is 19.8 Å². The van der Waals surface area contributed by atoms with Crippen molar-refractivity contribution in [3.05, 3.63) is 28.8 Å². The minimum Gasteiger partial charge on any atom is -0.496 e. The normalized spacial score (nSPS) is 18.9. The van der Waals surface area contributed by atoms with E-state index in [0.29, 0.717) is 12.3 Å². The van der Waals surface area contributed by atoms with Gasteiger partial charge in [-0.25, -0.2) is 0 Å². The first-order valence-electron chi connectivity index (χ1n) is 6.51. The maximum Gasteiger partial charge on any atom is 0.166 e. The molecule has 1 aromatic rings. The van der Waals surface area contributed by atoms with Crippen molar-refractivity contribution in [3.8, 4) is 5.75 Å². The maximum atomic E-state index is 12.4. The molecule has 1 heterocycles. The summed E-state index contributed by atoms with van der Waals surface area (Å²) in [4.78, 5) is 12.4. The number of nitrogens with one attached hydrogen (secondary N) is 1. The molecule has 98 valence electrons. The maximum absolute atomic E-state index is 12.4. The SMILES string of the molecule is COc1c(C)cc(C)cc1C(=O)CC1CCNC1. The highest BCUT2D eigenvalue weighted by molar-refractivity contribution is 5.99. The summed E-state index contributed by atoms with van der Waals surface area (Å²) < 4.78 is 5.38. The minimum atomic E-state index is 0.201. The Kier molecular flexibility index (Phi) is 4.02. The molecule has 0 spiro atoms. The number of aryl methyl sites for hydroxylation is 2. The van der Waals surface area contributed by atoms with Gasteiger partial charge < -0.3 is 10.1 Å². The van der Waals surface area contributed by atoms with Gasteiger partial charge in [-0.3, -0.25) is 4.79 Å². The van der Waals surface area contributed by atoms with Gasteiger partial charge in [-0.1, -0.05) is 6.07 Å². The summed E-state index contributed by atoms with van der Waals surface area (Å²) in [5.74, 6) is 1.41. The van der Waals surface area contributed by atoms with Crippen LogP contribution in [0.2, 0.25) is 0 Å². The average Bonchev–Trinajstić information content (AvgIpc) is 2.80. The Morgan fingerprint density at radius 1 is 1.44 bits per heavy atom. The van der Waals surface area contributed by atoms with Gasteiger partial charge in [0.1, 0.15) is 5.75 Å². The van der Waals surface area contributed by atoms with Gasteiger partial charge in [-0.15, -0.1) is 0 Å². The number of carbonyl (C=O) groups is 1. The van der Waals surface area contributed by atoms with Crippen molar-refractivity contribution in [1.82, 2.24) is 5.32 Å². The molecule has 18 heavy (non-hydrogen) atoms. The quantitative estimate of drug-likeness (QED) is 0.831. The van der Waals surface area contributed by atoms with Crippen LogP contribution in [0.4, 0.5) is 0 Å². The largest absolute Gasteiger partial charge is 0.496 e. The molecule has 2 rings (SSSR count). The van der Waals surface area contributed by atoms with Crippen LogP contribution in [0.1, 0.15) is 34.3 Å². The zero-order chi connectivity index (χ0) is 13.1. The van der Waals surface area contributed by atoms with Crippen molar-refractivity contribution in [2.24, 2.45) is 5.92 Å². The molecule has 3 nitrogen and oxygen atoms in total. The molecule has 0 bridgehead atoms. The number of carbonyl (C=O) groups excluding carboxylic acids is 1. The van der Waals surface area contributed by atoms with E-state index < -0.39 is 0 Å². The molecule has 0 amide bonds. The number of methoxy groups -OCH3 is 1. The lowest BCUT2D eigenvalue weighted by Crippen LogP contribution is -2.14. The van der Waals surface area contributed by atoms with Crippen LogP contribution in [0.5, 0.6) is 5.75 Å². The number of hydrogen-bond acceptors (Lipinski definition) is 3. The highest BCUT2D eigenvalue weighted by Crippen LogP contribution is 2.28. The molecule has 1 N–H and O–H groups in total. The Bertz CT molecular complexity index is 448. The summed E-state index contributed by atoms with van der Waals surface area (Å²) in [6, 6.07) is 3.99. The number of ketones is 1. The van der Waals surface area contributed by atoms with E-state index in [1.807, 2.05) is 26.0 Å². The minimum absolute atomic E-state index is 0.201. The predicted molar refractivity (Wildman–Crippen MR) is 72.4 cm³/mol. The van der Waals surface area contributed by atoms with E-state index in [2.05, 4.69) is 5.32 Å². The Morgan fingerprint density at radius 3 is 2.83 bits per heavy atom. The van der Waals surface area contributed by atoms with Gasteiger partial charge in [0, 0.05) is 6.42 Å². The van der Waals surface area contributed by atoms with Crippen LogP contribution in [0.15, 0.2) is 12.1 Å². The molecule has 1 atom stereocenters. The van der Waals surface area contributed by atoms with Crippen molar-refractivity contribution in [3.63, 3.8) is 0 Å². The molecule has 1 aliphatic rings. The Morgan fingerprint density at radius 2 is 2.22 bits per heavy atom. The third kappa shape index (κ3) is 2.72. The first-order chi connectivity index (χ1) is 8.61. The third-order valence-electron chi connectivity index (χ3n) is 3.56. The van der Waals surface area contributed by atoms with Gasteiger partial charge >= 0.3 is 0 Å². The van der Waals surface area contributed by atoms with E-state index in [4.69, 9.17) is 4.74 Å². The first-order valence-corrected chi connectivity index (χ1v) is 6.51. The molecule has 0 aromatic heterocycles. The van der Waals surface area contributed by atoms with Crippen LogP contribution in [-0.2, 0) is 0 Å². The summed E-state index contributed by atoms with van der Waals surface area (Å²) in [5.41, 5.74) is 2.88. The van der Waals surface area contributed by atoms with Gasteiger partial charge in [-0.05, 0) is 56.5 Å². The van der Waals surface area contributed by atoms with Gasteiger partial charge in [0.05, 0.1) is 12.7 Å². The summed E-state index contributed by atoms with van der Waals surface area (Å²) in [7, 11) is 1.63. The molecule has 1 unspecified atom stereocenters. The third-order valence-corrected chi connectivity index (χ3v) is 3.56. The zero-order valence-electron chi connectivity index (χ0n) is 11.4. The van der Waals surface area contributed by atoms with Gasteiger partial charge in [-0.2, -0.15) is 0 Å². The topological polar surface area (TPSA) is 38.3 Å². The fourth-order valence-corrected chi connectivity index (χ4v) is 2.69. The van der Waals surface area contributed by atoms with Crippen molar-refractivity contribution < 1.29 is 9.53 Å². The number of benzene rings is 1. The van der Waals surface area contributed by atoms with E-state index >= 15 is 0 Å². The average molecular weight is 247 g/mol. The van der Waals surface area contributed by atoms with Crippen LogP contribution in [0.25, 0.3) is 0 Å². The molecule has 1 fully saturated rings. The number of Topliss-reactive ketones (excluding diaryl/α,β-unsaturated/α-hetero) is 1. The fraction of sp³-hybridized carbons (Fsp3) is 0.533. The van der Waals surface area contributed by atoms with Gasteiger partial charge in [0.25, 0.3) is 0 Å². The zero-order valence-corrected chi connectivity index (χ0v) is 11.4. The fourth-order valence-electron chi connectivity index (χ4n) is 2.69. The lowest BCUT2D eigenvalue weighted by atomic mass is 9.94. The second kappa shape index (κ2) is 5.53. The molecular weight excluding hydrogens is 226 g/mol. The van der Waals surface area contributed by atoms with E-state index in [1.54, 1.807) is 7.11 Å².